The van der Waals surface area contributed by atoms with Gasteiger partial charge in [0.2, 0.25) is 11.5 Å². The van der Waals surface area contributed by atoms with Gasteiger partial charge in [0.15, 0.2) is 0 Å². The van der Waals surface area contributed by atoms with E-state index in [1.165, 1.54) is 0 Å². The van der Waals surface area contributed by atoms with Gasteiger partial charge in [0.05, 0.1) is 17.6 Å². The van der Waals surface area contributed by atoms with Crippen LogP contribution < -0.4 is 15.2 Å². The van der Waals surface area contributed by atoms with E-state index in [9.17, 15) is 10.1 Å². The smallest absolute Gasteiger partial charge is 0.352 e. The molecule has 1 aliphatic rings. The summed E-state index contributed by atoms with van der Waals surface area (Å²) in [6.45, 7) is 3.04. The lowest BCUT2D eigenvalue weighted by Gasteiger charge is -2.34. The number of nitro groups is 1. The van der Waals surface area contributed by atoms with Gasteiger partial charge in [0, 0.05) is 0 Å². The highest BCUT2D eigenvalue weighted by molar-refractivity contribution is 5.57. The van der Waals surface area contributed by atoms with Crippen molar-refractivity contribution in [3.63, 3.8) is 0 Å². The Morgan fingerprint density at radius 2 is 2.10 bits per heavy atom. The largest absolute Gasteiger partial charge is 0.487 e. The Hall–Kier alpha value is -1.82. The van der Waals surface area contributed by atoms with E-state index in [0.29, 0.717) is 19.1 Å². The Balaban J connectivity index is 2.13. The molecule has 0 bridgehead atoms. The number of ether oxygens (including phenoxy) is 2. The quantitative estimate of drug-likeness (QED) is 0.612. The van der Waals surface area contributed by atoms with Gasteiger partial charge >= 0.3 is 5.69 Å². The van der Waals surface area contributed by atoms with E-state index in [0.717, 1.165) is 19.3 Å². The average Bonchev–Trinajstić information content (AvgIpc) is 2.39. The number of benzene rings is 1. The molecule has 0 atom stereocenters. The van der Waals surface area contributed by atoms with Gasteiger partial charge in [-0.05, 0) is 43.9 Å². The van der Waals surface area contributed by atoms with E-state index in [1.54, 1.807) is 18.2 Å². The summed E-state index contributed by atoms with van der Waals surface area (Å²) in [5.41, 5.74) is 5.48. The molecule has 0 unspecified atom stereocenters. The zero-order chi connectivity index (χ0) is 14.5. The zero-order valence-electron chi connectivity index (χ0n) is 11.6. The van der Waals surface area contributed by atoms with E-state index >= 15 is 0 Å². The van der Waals surface area contributed by atoms with Crippen molar-refractivity contribution in [3.05, 3.63) is 28.3 Å². The van der Waals surface area contributed by atoms with Gasteiger partial charge in [-0.3, -0.25) is 10.1 Å². The van der Waals surface area contributed by atoms with Crippen molar-refractivity contribution in [2.45, 2.75) is 32.3 Å². The first-order chi connectivity index (χ1) is 9.65. The first-order valence-electron chi connectivity index (χ1n) is 6.92. The van der Waals surface area contributed by atoms with Gasteiger partial charge in [-0.2, -0.15) is 0 Å². The maximum atomic E-state index is 11.2. The molecule has 0 radical (unpaired) electrons. The maximum absolute atomic E-state index is 11.2. The van der Waals surface area contributed by atoms with Crippen molar-refractivity contribution in [2.75, 3.05) is 13.2 Å². The molecular weight excluding hydrogens is 260 g/mol. The van der Waals surface area contributed by atoms with Crippen molar-refractivity contribution in [2.24, 2.45) is 11.7 Å². The van der Waals surface area contributed by atoms with Crippen molar-refractivity contribution in [1.29, 1.82) is 0 Å². The second-order valence-electron chi connectivity index (χ2n) is 5.02. The predicted molar refractivity (Wildman–Crippen MR) is 75.1 cm³/mol. The van der Waals surface area contributed by atoms with Gasteiger partial charge in [-0.15, -0.1) is 0 Å². The fraction of sp³-hybridized carbons (Fsp3) is 0.571. The summed E-state index contributed by atoms with van der Waals surface area (Å²) in [7, 11) is 0. The van der Waals surface area contributed by atoms with Crippen LogP contribution in [0.25, 0.3) is 0 Å². The van der Waals surface area contributed by atoms with Gasteiger partial charge in [0.1, 0.15) is 0 Å². The van der Waals surface area contributed by atoms with Crippen molar-refractivity contribution in [3.8, 4) is 11.5 Å². The molecule has 20 heavy (non-hydrogen) atoms. The summed E-state index contributed by atoms with van der Waals surface area (Å²) in [5, 5.41) is 11.2. The van der Waals surface area contributed by atoms with E-state index in [2.05, 4.69) is 0 Å². The third-order valence-corrected chi connectivity index (χ3v) is 3.43. The molecule has 1 fully saturated rings. The lowest BCUT2D eigenvalue weighted by atomic mass is 9.82. The van der Waals surface area contributed by atoms with Gasteiger partial charge in [-0.1, -0.05) is 13.0 Å². The molecule has 0 aromatic heterocycles. The summed E-state index contributed by atoms with van der Waals surface area (Å²) in [4.78, 5) is 10.8. The number of hydrogen-bond donors (Lipinski definition) is 1. The number of para-hydroxylation sites is 1. The normalized spacial score (nSPS) is 21.1. The summed E-state index contributed by atoms with van der Waals surface area (Å²) in [6.07, 6.45) is 2.52. The number of nitrogens with zero attached hydrogens (tertiary/aromatic N) is 1. The van der Waals surface area contributed by atoms with Gasteiger partial charge < -0.3 is 15.2 Å². The number of nitrogens with two attached hydrogens (primary N) is 1. The molecule has 2 rings (SSSR count). The number of rotatable bonds is 7. The first kappa shape index (κ1) is 14.6. The fourth-order valence-corrected chi connectivity index (χ4v) is 2.25. The highest BCUT2D eigenvalue weighted by Gasteiger charge is 2.32. The molecule has 0 aliphatic heterocycles. The number of hydrogen-bond acceptors (Lipinski definition) is 5. The fourth-order valence-electron chi connectivity index (χ4n) is 2.25. The van der Waals surface area contributed by atoms with Gasteiger partial charge in [-0.25, -0.2) is 0 Å². The molecule has 6 heteroatoms. The summed E-state index contributed by atoms with van der Waals surface area (Å²) in [5.74, 6) is 1.02. The lowest BCUT2D eigenvalue weighted by molar-refractivity contribution is -0.387. The van der Waals surface area contributed by atoms with Crippen molar-refractivity contribution < 1.29 is 14.4 Å². The summed E-state index contributed by atoms with van der Waals surface area (Å²) in [6, 6.07) is 4.93. The summed E-state index contributed by atoms with van der Waals surface area (Å²) >= 11 is 0. The van der Waals surface area contributed by atoms with Crippen LogP contribution in [0.3, 0.4) is 0 Å². The van der Waals surface area contributed by atoms with Crippen LogP contribution in [0.15, 0.2) is 18.2 Å². The molecule has 0 spiro atoms. The van der Waals surface area contributed by atoms with Crippen LogP contribution in [0.4, 0.5) is 5.69 Å². The van der Waals surface area contributed by atoms with Crippen LogP contribution in [0.5, 0.6) is 11.5 Å². The third kappa shape index (κ3) is 3.19. The molecule has 6 nitrogen and oxygen atoms in total. The molecule has 0 heterocycles. The monoisotopic (exact) mass is 280 g/mol. The molecule has 1 saturated carbocycles. The van der Waals surface area contributed by atoms with Crippen LogP contribution in [0.2, 0.25) is 0 Å². The van der Waals surface area contributed by atoms with Crippen LogP contribution in [-0.2, 0) is 0 Å². The van der Waals surface area contributed by atoms with Crippen LogP contribution >= 0.6 is 0 Å². The topological polar surface area (TPSA) is 87.6 Å². The van der Waals surface area contributed by atoms with Crippen molar-refractivity contribution in [1.82, 2.24) is 0 Å². The van der Waals surface area contributed by atoms with E-state index in [1.807, 2.05) is 6.92 Å². The molecule has 1 aliphatic carbocycles. The SMILES string of the molecule is CCCOc1cccc(OC2CC(CN)C2)c1[N+](=O)[O-]. The van der Waals surface area contributed by atoms with Gasteiger partial charge in [0.25, 0.3) is 0 Å². The minimum atomic E-state index is -0.445. The van der Waals surface area contributed by atoms with Crippen LogP contribution in [0, 0.1) is 16.0 Å². The second kappa shape index (κ2) is 6.56. The van der Waals surface area contributed by atoms with Crippen molar-refractivity contribution >= 4 is 5.69 Å². The zero-order valence-corrected chi connectivity index (χ0v) is 11.6. The Kier molecular flexibility index (Phi) is 4.79. The molecule has 110 valence electrons. The van der Waals surface area contributed by atoms with Crippen LogP contribution in [0.1, 0.15) is 26.2 Å². The predicted octanol–water partition coefficient (Wildman–Crippen LogP) is 2.50. The molecule has 2 N–H and O–H groups in total. The van der Waals surface area contributed by atoms with E-state index < -0.39 is 4.92 Å². The first-order valence-corrected chi connectivity index (χ1v) is 6.92. The second-order valence-corrected chi connectivity index (χ2v) is 5.02. The molecule has 1 aromatic rings. The molecular formula is C14H20N2O4. The van der Waals surface area contributed by atoms with E-state index in [-0.39, 0.29) is 23.3 Å². The Bertz CT molecular complexity index is 472. The Morgan fingerprint density at radius 3 is 2.70 bits per heavy atom. The molecule has 0 saturated heterocycles. The highest BCUT2D eigenvalue weighted by atomic mass is 16.6. The highest BCUT2D eigenvalue weighted by Crippen LogP contribution is 2.40. The lowest BCUT2D eigenvalue weighted by Crippen LogP contribution is -2.37. The molecule has 1 aromatic carbocycles. The third-order valence-electron chi connectivity index (χ3n) is 3.43. The minimum absolute atomic E-state index is 0.0173. The summed E-state index contributed by atoms with van der Waals surface area (Å²) < 4.78 is 11.1. The van der Waals surface area contributed by atoms with Crippen LogP contribution in [-0.4, -0.2) is 24.2 Å². The number of nitro benzene ring substituents is 1. The molecule has 0 amide bonds. The average molecular weight is 280 g/mol. The minimum Gasteiger partial charge on any atom is -0.487 e. The Morgan fingerprint density at radius 1 is 1.40 bits per heavy atom. The standard InChI is InChI=1S/C14H20N2O4/c1-2-6-19-12-4-3-5-13(14(12)16(17)18)20-11-7-10(8-11)9-15/h3-5,10-11H,2,6-9,15H2,1H3. The Labute approximate surface area is 118 Å². The maximum Gasteiger partial charge on any atom is 0.352 e. The van der Waals surface area contributed by atoms with E-state index in [4.69, 9.17) is 15.2 Å².